The number of hydrogen-bond donors (Lipinski definition) is 5. The number of ketones is 1. The molecule has 0 amide bonds. The van der Waals surface area contributed by atoms with Crippen LogP contribution in [-0.2, 0) is 20.9 Å². The van der Waals surface area contributed by atoms with Crippen molar-refractivity contribution in [2.75, 3.05) is 6.61 Å². The van der Waals surface area contributed by atoms with Crippen LogP contribution in [0.1, 0.15) is 28.8 Å². The van der Waals surface area contributed by atoms with E-state index in [4.69, 9.17) is 14.6 Å². The molecule has 2 aromatic rings. The van der Waals surface area contributed by atoms with E-state index in [-0.39, 0.29) is 25.2 Å². The molecule has 1 heterocycles. The quantitative estimate of drug-likeness (QED) is 0.351. The largest absolute Gasteiger partial charge is 0.481 e. The second kappa shape index (κ2) is 10.8. The Hall–Kier alpha value is -2.66. The predicted molar refractivity (Wildman–Crippen MR) is 112 cm³/mol. The van der Waals surface area contributed by atoms with Gasteiger partial charge in [0.25, 0.3) is 0 Å². The molecule has 1 aliphatic heterocycles. The summed E-state index contributed by atoms with van der Waals surface area (Å²) in [5.74, 6) is -1.25. The number of carboxylic acids is 1. The lowest BCUT2D eigenvalue weighted by Crippen LogP contribution is -2.59. The van der Waals surface area contributed by atoms with Crippen LogP contribution in [0, 0.1) is 0 Å². The van der Waals surface area contributed by atoms with Crippen molar-refractivity contribution in [3.8, 4) is 11.1 Å². The van der Waals surface area contributed by atoms with Crippen molar-refractivity contribution in [1.29, 1.82) is 0 Å². The number of aliphatic hydroxyl groups excluding tert-OH is 4. The highest BCUT2D eigenvalue weighted by atomic mass is 16.7. The first-order valence-corrected chi connectivity index (χ1v) is 10.2. The van der Waals surface area contributed by atoms with Gasteiger partial charge in [-0.25, -0.2) is 0 Å². The Morgan fingerprint density at radius 3 is 2.28 bits per heavy atom. The summed E-state index contributed by atoms with van der Waals surface area (Å²) in [5.41, 5.74) is 2.89. The molecule has 3 rings (SSSR count). The van der Waals surface area contributed by atoms with Gasteiger partial charge in [0.15, 0.2) is 12.1 Å². The van der Waals surface area contributed by atoms with Crippen LogP contribution < -0.4 is 0 Å². The van der Waals surface area contributed by atoms with E-state index in [1.165, 1.54) is 0 Å². The molecule has 1 fully saturated rings. The zero-order valence-electron chi connectivity index (χ0n) is 17.2. The number of aliphatic carboxylic acids is 1. The zero-order chi connectivity index (χ0) is 23.3. The number of carbonyl (C=O) groups is 2. The van der Waals surface area contributed by atoms with Crippen molar-refractivity contribution >= 4 is 11.8 Å². The van der Waals surface area contributed by atoms with E-state index in [1.54, 1.807) is 30.3 Å². The van der Waals surface area contributed by atoms with Gasteiger partial charge in [-0.15, -0.1) is 0 Å². The molecule has 0 unspecified atom stereocenters. The minimum Gasteiger partial charge on any atom is -0.481 e. The molecule has 0 saturated carbocycles. The van der Waals surface area contributed by atoms with Gasteiger partial charge in [-0.1, -0.05) is 42.5 Å². The molecule has 9 nitrogen and oxygen atoms in total. The third-order valence-electron chi connectivity index (χ3n) is 5.30. The summed E-state index contributed by atoms with van der Waals surface area (Å²) in [7, 11) is 0. The van der Waals surface area contributed by atoms with E-state index < -0.39 is 43.3 Å². The number of Topliss-reactive ketones (excluding diaryl/α,β-unsaturated/α-hetero) is 1. The van der Waals surface area contributed by atoms with E-state index in [9.17, 15) is 30.0 Å². The van der Waals surface area contributed by atoms with Crippen molar-refractivity contribution in [2.24, 2.45) is 0 Å². The van der Waals surface area contributed by atoms with Crippen LogP contribution in [0.2, 0.25) is 0 Å². The normalized spacial score (nSPS) is 25.4. The molecule has 0 radical (unpaired) electrons. The van der Waals surface area contributed by atoms with Crippen molar-refractivity contribution in [3.05, 3.63) is 59.7 Å². The van der Waals surface area contributed by atoms with Crippen molar-refractivity contribution < 1.29 is 44.6 Å². The van der Waals surface area contributed by atoms with E-state index >= 15 is 0 Å². The number of hydrogen-bond acceptors (Lipinski definition) is 8. The third-order valence-corrected chi connectivity index (χ3v) is 5.30. The molecular weight excluding hydrogens is 420 g/mol. The van der Waals surface area contributed by atoms with Crippen molar-refractivity contribution in [2.45, 2.75) is 50.2 Å². The number of carbonyl (C=O) groups excluding carboxylic acids is 1. The molecule has 0 bridgehead atoms. The molecule has 172 valence electrons. The van der Waals surface area contributed by atoms with Gasteiger partial charge in [-0.2, -0.15) is 0 Å². The molecule has 1 aliphatic rings. The number of benzene rings is 2. The van der Waals surface area contributed by atoms with Crippen molar-refractivity contribution in [3.63, 3.8) is 0 Å². The Morgan fingerprint density at radius 2 is 1.62 bits per heavy atom. The number of rotatable bonds is 9. The highest BCUT2D eigenvalue weighted by Gasteiger charge is 2.43. The Morgan fingerprint density at radius 1 is 0.906 bits per heavy atom. The van der Waals surface area contributed by atoms with E-state index in [2.05, 4.69) is 0 Å². The second-order valence-electron chi connectivity index (χ2n) is 7.60. The van der Waals surface area contributed by atoms with Gasteiger partial charge in [-0.05, 0) is 22.8 Å². The van der Waals surface area contributed by atoms with Gasteiger partial charge < -0.3 is 35.0 Å². The molecule has 0 aromatic heterocycles. The maximum atomic E-state index is 12.0. The Labute approximate surface area is 184 Å². The van der Waals surface area contributed by atoms with Crippen LogP contribution in [0.25, 0.3) is 11.1 Å². The third kappa shape index (κ3) is 5.77. The molecule has 2 aromatic carbocycles. The molecule has 32 heavy (non-hydrogen) atoms. The standard InChI is InChI=1S/C23H26O9/c24-11-18-20(28)21(29)22(30)23(32-18)31-12-13-2-1-3-16(10-13)14-4-6-15(7-5-14)17(25)8-9-19(26)27/h1-7,10,18,20-24,28-30H,8-9,11-12H2,(H,26,27)/t18-,20-,21-,22+,23+/m1/s1. The average Bonchev–Trinajstić information content (AvgIpc) is 2.81. The molecule has 9 heteroatoms. The molecule has 1 saturated heterocycles. The van der Waals surface area contributed by atoms with Gasteiger partial charge in [-0.3, -0.25) is 9.59 Å². The smallest absolute Gasteiger partial charge is 0.303 e. The highest BCUT2D eigenvalue weighted by Crippen LogP contribution is 2.25. The summed E-state index contributed by atoms with van der Waals surface area (Å²) in [5, 5.41) is 47.7. The van der Waals surface area contributed by atoms with E-state index in [1.807, 2.05) is 18.2 Å². The minimum absolute atomic E-state index is 0.0439. The average molecular weight is 446 g/mol. The number of carboxylic acid groups (broad SMARTS) is 1. The lowest BCUT2D eigenvalue weighted by atomic mass is 9.99. The molecular formula is C23H26O9. The summed E-state index contributed by atoms with van der Waals surface area (Å²) in [6, 6.07) is 14.2. The van der Waals surface area contributed by atoms with E-state index in [0.29, 0.717) is 5.56 Å². The molecule has 0 spiro atoms. The number of aliphatic hydroxyl groups is 4. The summed E-state index contributed by atoms with van der Waals surface area (Å²) in [4.78, 5) is 22.7. The topological polar surface area (TPSA) is 154 Å². The fraction of sp³-hybridized carbons (Fsp3) is 0.391. The zero-order valence-corrected chi connectivity index (χ0v) is 17.2. The van der Waals surface area contributed by atoms with Gasteiger partial charge in [0.05, 0.1) is 19.6 Å². The fourth-order valence-electron chi connectivity index (χ4n) is 3.44. The van der Waals surface area contributed by atoms with Crippen molar-refractivity contribution in [1.82, 2.24) is 0 Å². The van der Waals surface area contributed by atoms with Crippen LogP contribution in [-0.4, -0.2) is 74.6 Å². The lowest BCUT2D eigenvalue weighted by molar-refractivity contribution is -0.304. The Kier molecular flexibility index (Phi) is 8.08. The number of ether oxygens (including phenoxy) is 2. The highest BCUT2D eigenvalue weighted by molar-refractivity contribution is 5.97. The lowest BCUT2D eigenvalue weighted by Gasteiger charge is -2.39. The summed E-state index contributed by atoms with van der Waals surface area (Å²) in [6.45, 7) is -0.489. The molecule has 5 N–H and O–H groups in total. The van der Waals surface area contributed by atoms with Crippen LogP contribution >= 0.6 is 0 Å². The maximum absolute atomic E-state index is 12.0. The Bertz CT molecular complexity index is 925. The predicted octanol–water partition coefficient (Wildman–Crippen LogP) is 0.718. The van der Waals surface area contributed by atoms with Gasteiger partial charge in [0.1, 0.15) is 24.4 Å². The van der Waals surface area contributed by atoms with Crippen LogP contribution in [0.5, 0.6) is 0 Å². The SMILES string of the molecule is O=C(O)CCC(=O)c1ccc(-c2cccc(CO[C@H]3O[C@H](CO)[C@@H](O)[C@@H](O)[C@@H]3O)c2)cc1. The summed E-state index contributed by atoms with van der Waals surface area (Å²) in [6.07, 6.45) is -6.95. The first-order chi connectivity index (χ1) is 15.3. The van der Waals surface area contributed by atoms with Gasteiger partial charge in [0.2, 0.25) is 0 Å². The molecule has 0 aliphatic carbocycles. The fourth-order valence-corrected chi connectivity index (χ4v) is 3.44. The Balaban J connectivity index is 1.64. The van der Waals surface area contributed by atoms with Crippen LogP contribution in [0.3, 0.4) is 0 Å². The monoisotopic (exact) mass is 446 g/mol. The van der Waals surface area contributed by atoms with E-state index in [0.717, 1.165) is 16.7 Å². The minimum atomic E-state index is -1.51. The van der Waals surface area contributed by atoms with Crippen LogP contribution in [0.15, 0.2) is 48.5 Å². The first kappa shape index (κ1) is 24.0. The maximum Gasteiger partial charge on any atom is 0.303 e. The second-order valence-corrected chi connectivity index (χ2v) is 7.60. The van der Waals surface area contributed by atoms with Crippen LogP contribution in [0.4, 0.5) is 0 Å². The summed E-state index contributed by atoms with van der Waals surface area (Å²) < 4.78 is 10.9. The van der Waals surface area contributed by atoms with Gasteiger partial charge in [0, 0.05) is 12.0 Å². The molecule has 5 atom stereocenters. The van der Waals surface area contributed by atoms with Gasteiger partial charge >= 0.3 is 5.97 Å². The first-order valence-electron chi connectivity index (χ1n) is 10.2. The summed E-state index contributed by atoms with van der Waals surface area (Å²) >= 11 is 0.